The first-order valence-electron chi connectivity index (χ1n) is 11.6. The van der Waals surface area contributed by atoms with Gasteiger partial charge in [0, 0.05) is 30.5 Å². The van der Waals surface area contributed by atoms with Crippen molar-refractivity contribution in [1.29, 1.82) is 0 Å². The molecule has 1 N–H and O–H groups in total. The Morgan fingerprint density at radius 3 is 2.79 bits per heavy atom. The van der Waals surface area contributed by atoms with E-state index in [0.717, 1.165) is 49.2 Å². The lowest BCUT2D eigenvalue weighted by molar-refractivity contribution is -0.117. The van der Waals surface area contributed by atoms with Crippen LogP contribution in [0.15, 0.2) is 42.6 Å². The van der Waals surface area contributed by atoms with Gasteiger partial charge in [-0.3, -0.25) is 19.6 Å². The van der Waals surface area contributed by atoms with E-state index in [2.05, 4.69) is 22.3 Å². The molecule has 2 aliphatic rings. The number of piperidine rings is 1. The minimum Gasteiger partial charge on any atom is -0.327 e. The highest BCUT2D eigenvalue weighted by molar-refractivity contribution is 6.00. The number of carbonyl (C=O) groups excluding carboxylic acids is 2. The van der Waals surface area contributed by atoms with Gasteiger partial charge in [-0.2, -0.15) is 5.10 Å². The number of hydrogen-bond donors (Lipinski definition) is 1. The maximum atomic E-state index is 13.1. The topological polar surface area (TPSA) is 95.1 Å². The van der Waals surface area contributed by atoms with Crippen molar-refractivity contribution < 1.29 is 9.59 Å². The predicted molar refractivity (Wildman–Crippen MR) is 124 cm³/mol. The summed E-state index contributed by atoms with van der Waals surface area (Å²) < 4.78 is 0. The molecule has 170 valence electrons. The number of aryl methyl sites for hydroxylation is 2. The van der Waals surface area contributed by atoms with Crippen LogP contribution in [0.2, 0.25) is 0 Å². The zero-order valence-electron chi connectivity index (χ0n) is 18.8. The van der Waals surface area contributed by atoms with E-state index in [1.165, 1.54) is 5.56 Å². The first-order chi connectivity index (χ1) is 16.1. The summed E-state index contributed by atoms with van der Waals surface area (Å²) in [5.74, 6) is 1.33. The Bertz CT molecular complexity index is 1150. The molecule has 0 spiro atoms. The number of likely N-dealkylation sites (tertiary alicyclic amines) is 1. The quantitative estimate of drug-likeness (QED) is 0.629. The van der Waals surface area contributed by atoms with E-state index in [9.17, 15) is 9.59 Å². The number of nitrogens with one attached hydrogen (secondary N) is 1. The number of carbonyl (C=O) groups is 2. The summed E-state index contributed by atoms with van der Waals surface area (Å²) >= 11 is 0. The highest BCUT2D eigenvalue weighted by Crippen LogP contribution is 2.35. The molecule has 3 aromatic rings. The number of rotatable bonds is 6. The first kappa shape index (κ1) is 21.3. The number of aromatic amines is 1. The van der Waals surface area contributed by atoms with Gasteiger partial charge in [0.15, 0.2) is 5.82 Å². The summed E-state index contributed by atoms with van der Waals surface area (Å²) in [5.41, 5.74) is 3.47. The molecule has 0 radical (unpaired) electrons. The molecule has 0 bridgehead atoms. The van der Waals surface area contributed by atoms with E-state index in [0.29, 0.717) is 31.0 Å². The third-order valence-electron chi connectivity index (χ3n) is 6.58. The van der Waals surface area contributed by atoms with Crippen LogP contribution in [0.4, 0.5) is 5.82 Å². The van der Waals surface area contributed by atoms with Gasteiger partial charge in [0.25, 0.3) is 5.91 Å². The Morgan fingerprint density at radius 1 is 1.15 bits per heavy atom. The molecule has 0 aliphatic carbocycles. The number of amides is 2. The third kappa shape index (κ3) is 4.25. The number of fused-ring (bicyclic) bond motifs is 1. The first-order valence-corrected chi connectivity index (χ1v) is 11.6. The van der Waals surface area contributed by atoms with Crippen LogP contribution in [0, 0.1) is 6.92 Å². The number of aromatic nitrogens is 4. The van der Waals surface area contributed by atoms with Crippen molar-refractivity contribution in [1.82, 2.24) is 25.1 Å². The highest BCUT2D eigenvalue weighted by atomic mass is 16.2. The second-order valence-corrected chi connectivity index (χ2v) is 8.76. The van der Waals surface area contributed by atoms with Gasteiger partial charge in [-0.25, -0.2) is 9.97 Å². The molecule has 2 amide bonds. The van der Waals surface area contributed by atoms with E-state index in [-0.39, 0.29) is 17.9 Å². The minimum absolute atomic E-state index is 0.0710. The standard InChI is InChI=1S/C25H28N6O2/c1-17-19-16-22(32)31(15-7-10-18-8-3-2-4-9-18)24(19)28-23(27-17)21-11-5-6-14-30(21)25(33)20-12-13-26-29-20/h2-4,8-9,12-13,21H,5-7,10-11,14-16H2,1H3,(H,26,29)/t21-/m0/s1. The second kappa shape index (κ2) is 9.13. The van der Waals surface area contributed by atoms with Gasteiger partial charge >= 0.3 is 0 Å². The highest BCUT2D eigenvalue weighted by Gasteiger charge is 2.35. The van der Waals surface area contributed by atoms with Crippen molar-refractivity contribution in [3.05, 3.63) is 70.9 Å². The molecular formula is C25H28N6O2. The number of H-pyrrole nitrogens is 1. The monoisotopic (exact) mass is 444 g/mol. The number of hydrogen-bond acceptors (Lipinski definition) is 5. The number of benzene rings is 1. The van der Waals surface area contributed by atoms with Crippen LogP contribution >= 0.6 is 0 Å². The van der Waals surface area contributed by atoms with Crippen LogP contribution in [0.1, 0.15) is 64.9 Å². The molecule has 33 heavy (non-hydrogen) atoms. The van der Waals surface area contributed by atoms with Crippen molar-refractivity contribution in [3.8, 4) is 0 Å². The molecule has 8 heteroatoms. The van der Waals surface area contributed by atoms with Crippen LogP contribution < -0.4 is 4.90 Å². The molecule has 8 nitrogen and oxygen atoms in total. The van der Waals surface area contributed by atoms with Crippen LogP contribution in [-0.4, -0.2) is 50.0 Å². The Morgan fingerprint density at radius 2 is 2.00 bits per heavy atom. The molecule has 5 rings (SSSR count). The van der Waals surface area contributed by atoms with Gasteiger partial charge in [0.05, 0.1) is 12.5 Å². The zero-order valence-corrected chi connectivity index (χ0v) is 18.8. The molecule has 4 heterocycles. The molecule has 1 aromatic carbocycles. The lowest BCUT2D eigenvalue weighted by Gasteiger charge is -2.34. The number of anilines is 1. The van der Waals surface area contributed by atoms with Gasteiger partial charge in [0.2, 0.25) is 5.91 Å². The molecule has 2 aliphatic heterocycles. The van der Waals surface area contributed by atoms with E-state index in [4.69, 9.17) is 9.97 Å². The molecule has 0 saturated carbocycles. The van der Waals surface area contributed by atoms with E-state index < -0.39 is 0 Å². The van der Waals surface area contributed by atoms with Crippen molar-refractivity contribution in [2.75, 3.05) is 18.0 Å². The fourth-order valence-electron chi connectivity index (χ4n) is 4.84. The van der Waals surface area contributed by atoms with Gasteiger partial charge in [0.1, 0.15) is 11.5 Å². The Labute approximate surface area is 193 Å². The fraction of sp³-hybridized carbons (Fsp3) is 0.400. The van der Waals surface area contributed by atoms with Crippen LogP contribution in [0.25, 0.3) is 0 Å². The molecule has 1 atom stereocenters. The molecule has 1 saturated heterocycles. The molecule has 0 unspecified atom stereocenters. The lowest BCUT2D eigenvalue weighted by atomic mass is 10.0. The predicted octanol–water partition coefficient (Wildman–Crippen LogP) is 3.40. The zero-order chi connectivity index (χ0) is 22.8. The Balaban J connectivity index is 1.39. The molecular weight excluding hydrogens is 416 g/mol. The van der Waals surface area contributed by atoms with Crippen LogP contribution in [0.5, 0.6) is 0 Å². The average molecular weight is 445 g/mol. The van der Waals surface area contributed by atoms with Crippen LogP contribution in [-0.2, 0) is 17.6 Å². The summed E-state index contributed by atoms with van der Waals surface area (Å²) in [7, 11) is 0. The van der Waals surface area contributed by atoms with Gasteiger partial charge < -0.3 is 4.90 Å². The van der Waals surface area contributed by atoms with E-state index in [1.807, 2.05) is 30.0 Å². The van der Waals surface area contributed by atoms with Crippen molar-refractivity contribution in [2.24, 2.45) is 0 Å². The SMILES string of the molecule is Cc1nc([C@@H]2CCCCN2C(=O)c2ccn[nH]2)nc2c1CC(=O)N2CCCc1ccccc1. The average Bonchev–Trinajstić information content (AvgIpc) is 3.48. The normalized spacial score (nSPS) is 18.0. The Kier molecular flexibility index (Phi) is 5.90. The van der Waals surface area contributed by atoms with Crippen molar-refractivity contribution in [3.63, 3.8) is 0 Å². The summed E-state index contributed by atoms with van der Waals surface area (Å²) in [5, 5.41) is 6.69. The van der Waals surface area contributed by atoms with E-state index >= 15 is 0 Å². The lowest BCUT2D eigenvalue weighted by Crippen LogP contribution is -2.39. The summed E-state index contributed by atoms with van der Waals surface area (Å²) in [6.07, 6.45) is 6.46. The summed E-state index contributed by atoms with van der Waals surface area (Å²) in [4.78, 5) is 39.2. The minimum atomic E-state index is -0.208. The molecule has 2 aromatic heterocycles. The third-order valence-corrected chi connectivity index (χ3v) is 6.58. The maximum absolute atomic E-state index is 13.1. The molecule has 1 fully saturated rings. The van der Waals surface area contributed by atoms with Gasteiger partial charge in [-0.05, 0) is 50.7 Å². The van der Waals surface area contributed by atoms with Crippen molar-refractivity contribution >= 4 is 17.6 Å². The largest absolute Gasteiger partial charge is 0.327 e. The van der Waals surface area contributed by atoms with E-state index in [1.54, 1.807) is 17.2 Å². The Hall–Kier alpha value is -3.55. The van der Waals surface area contributed by atoms with Gasteiger partial charge in [-0.1, -0.05) is 30.3 Å². The second-order valence-electron chi connectivity index (χ2n) is 8.76. The number of nitrogens with zero attached hydrogens (tertiary/aromatic N) is 5. The smallest absolute Gasteiger partial charge is 0.272 e. The summed E-state index contributed by atoms with van der Waals surface area (Å²) in [6.45, 7) is 3.22. The summed E-state index contributed by atoms with van der Waals surface area (Å²) in [6, 6.07) is 11.8. The van der Waals surface area contributed by atoms with Crippen LogP contribution in [0.3, 0.4) is 0 Å². The van der Waals surface area contributed by atoms with Crippen molar-refractivity contribution in [2.45, 2.75) is 51.5 Å². The fourth-order valence-corrected chi connectivity index (χ4v) is 4.84. The maximum Gasteiger partial charge on any atom is 0.272 e. The van der Waals surface area contributed by atoms with Gasteiger partial charge in [-0.15, -0.1) is 0 Å².